The minimum Gasteiger partial charge on any atom is -0.345 e. The first-order chi connectivity index (χ1) is 18.8. The molecule has 2 aromatic rings. The molecule has 1 aromatic carbocycles. The molecule has 1 saturated carbocycles. The lowest BCUT2D eigenvalue weighted by Gasteiger charge is -2.59. The van der Waals surface area contributed by atoms with Crippen molar-refractivity contribution < 1.29 is 22.8 Å². The van der Waals surface area contributed by atoms with Crippen LogP contribution in [0.15, 0.2) is 36.7 Å². The van der Waals surface area contributed by atoms with E-state index in [1.165, 1.54) is 5.56 Å². The van der Waals surface area contributed by atoms with Crippen molar-refractivity contribution in [1.29, 1.82) is 0 Å². The van der Waals surface area contributed by atoms with Crippen LogP contribution in [0.4, 0.5) is 23.9 Å². The molecule has 3 amide bonds. The van der Waals surface area contributed by atoms with E-state index < -0.39 is 11.7 Å². The van der Waals surface area contributed by atoms with E-state index in [1.54, 1.807) is 19.0 Å². The zero-order valence-electron chi connectivity index (χ0n) is 23.3. The average Bonchev–Trinajstić information content (AvgIpc) is 2.85. The molecule has 3 aliphatic rings. The third-order valence-electron chi connectivity index (χ3n) is 8.22. The standard InChI is InChI=1S/C28H36F3N7O2/c1-18-13-37(25-32-11-22(12-33-25)28(29,30)31)14-19(2)38(18)26(40)34-23-9-27(10-23)16-36(17-27)15-20-5-7-21(8-6-20)24(39)35(3)4/h5-8,11-12,18-19,23H,9-10,13-17H2,1-4H3,(H,34,40)/t18-,19+. The van der Waals surface area contributed by atoms with Crippen LogP contribution < -0.4 is 10.2 Å². The first-order valence-electron chi connectivity index (χ1n) is 13.6. The zero-order chi connectivity index (χ0) is 28.8. The first kappa shape index (κ1) is 28.1. The van der Waals surface area contributed by atoms with E-state index in [9.17, 15) is 22.8 Å². The SMILES string of the molecule is C[C@@H]1CN(c2ncc(C(F)(F)F)cn2)C[C@H](C)N1C(=O)NC1CC2(C1)CN(Cc1ccc(C(=O)N(C)C)cc1)C2. The summed E-state index contributed by atoms with van der Waals surface area (Å²) in [5.74, 6) is 0.232. The molecule has 1 aromatic heterocycles. The van der Waals surface area contributed by atoms with Gasteiger partial charge in [0.05, 0.1) is 5.56 Å². The summed E-state index contributed by atoms with van der Waals surface area (Å²) in [6.45, 7) is 7.58. The van der Waals surface area contributed by atoms with Gasteiger partial charge < -0.3 is 20.0 Å². The number of nitrogens with zero attached hydrogens (tertiary/aromatic N) is 6. The second-order valence-corrected chi connectivity index (χ2v) is 11.9. The molecule has 1 N–H and O–H groups in total. The molecule has 2 atom stereocenters. The van der Waals surface area contributed by atoms with Crippen molar-refractivity contribution in [2.75, 3.05) is 45.2 Å². The van der Waals surface area contributed by atoms with E-state index in [4.69, 9.17) is 0 Å². The maximum Gasteiger partial charge on any atom is 0.419 e. The van der Waals surface area contributed by atoms with E-state index in [0.717, 1.165) is 44.9 Å². The molecule has 1 spiro atoms. The minimum absolute atomic E-state index is 0.00385. The summed E-state index contributed by atoms with van der Waals surface area (Å²) >= 11 is 0. The number of nitrogens with one attached hydrogen (secondary N) is 1. The van der Waals surface area contributed by atoms with Crippen LogP contribution in [0, 0.1) is 5.41 Å². The number of hydrogen-bond acceptors (Lipinski definition) is 6. The van der Waals surface area contributed by atoms with Crippen LogP contribution in [0.1, 0.15) is 48.2 Å². The van der Waals surface area contributed by atoms with Crippen LogP contribution in [-0.4, -0.2) is 95.0 Å². The van der Waals surface area contributed by atoms with Crippen LogP contribution in [0.2, 0.25) is 0 Å². The average molecular weight is 560 g/mol. The Labute approximate surface area is 232 Å². The number of rotatable bonds is 5. The first-order valence-corrected chi connectivity index (χ1v) is 13.6. The minimum atomic E-state index is -4.48. The number of likely N-dealkylation sites (tertiary alicyclic amines) is 1. The Bertz CT molecular complexity index is 1210. The van der Waals surface area contributed by atoms with Gasteiger partial charge in [-0.15, -0.1) is 0 Å². The molecule has 216 valence electrons. The number of amides is 3. The molecule has 0 bridgehead atoms. The fraction of sp³-hybridized carbons (Fsp3) is 0.571. The molecule has 1 aliphatic carbocycles. The number of urea groups is 1. The lowest BCUT2D eigenvalue weighted by atomic mass is 9.60. The summed E-state index contributed by atoms with van der Waals surface area (Å²) < 4.78 is 38.5. The van der Waals surface area contributed by atoms with Gasteiger partial charge in [-0.25, -0.2) is 14.8 Å². The number of carbonyl (C=O) groups is 2. The van der Waals surface area contributed by atoms with Crippen molar-refractivity contribution in [3.63, 3.8) is 0 Å². The predicted octanol–water partition coefficient (Wildman–Crippen LogP) is 3.47. The van der Waals surface area contributed by atoms with Gasteiger partial charge in [0, 0.05) is 82.9 Å². The third-order valence-corrected chi connectivity index (χ3v) is 8.22. The molecular weight excluding hydrogens is 523 g/mol. The number of halogens is 3. The highest BCUT2D eigenvalue weighted by molar-refractivity contribution is 5.93. The van der Waals surface area contributed by atoms with Crippen molar-refractivity contribution in [1.82, 2.24) is 30.0 Å². The summed E-state index contributed by atoms with van der Waals surface area (Å²) in [5, 5.41) is 3.20. The Morgan fingerprint density at radius 2 is 1.60 bits per heavy atom. The summed E-state index contributed by atoms with van der Waals surface area (Å²) in [5.41, 5.74) is 1.24. The zero-order valence-corrected chi connectivity index (χ0v) is 23.3. The molecular formula is C28H36F3N7O2. The Kier molecular flexibility index (Phi) is 7.41. The van der Waals surface area contributed by atoms with Crippen molar-refractivity contribution in [3.8, 4) is 0 Å². The molecule has 40 heavy (non-hydrogen) atoms. The largest absolute Gasteiger partial charge is 0.419 e. The lowest BCUT2D eigenvalue weighted by molar-refractivity contribution is -0.138. The van der Waals surface area contributed by atoms with Gasteiger partial charge in [0.25, 0.3) is 5.91 Å². The summed E-state index contributed by atoms with van der Waals surface area (Å²) in [6.07, 6.45) is -0.972. The smallest absolute Gasteiger partial charge is 0.345 e. The monoisotopic (exact) mass is 559 g/mol. The second kappa shape index (κ2) is 10.5. The van der Waals surface area contributed by atoms with E-state index in [0.29, 0.717) is 18.7 Å². The Hall–Kier alpha value is -3.41. The molecule has 3 heterocycles. The lowest BCUT2D eigenvalue weighted by Crippen LogP contribution is -2.68. The van der Waals surface area contributed by atoms with E-state index in [2.05, 4.69) is 20.2 Å². The van der Waals surface area contributed by atoms with Crippen molar-refractivity contribution in [3.05, 3.63) is 53.3 Å². The predicted molar refractivity (Wildman–Crippen MR) is 144 cm³/mol. The molecule has 9 nitrogen and oxygen atoms in total. The maximum atomic E-state index is 13.2. The van der Waals surface area contributed by atoms with Crippen molar-refractivity contribution in [2.24, 2.45) is 5.41 Å². The van der Waals surface area contributed by atoms with Crippen LogP contribution in [0.5, 0.6) is 0 Å². The van der Waals surface area contributed by atoms with Crippen molar-refractivity contribution >= 4 is 17.9 Å². The van der Waals surface area contributed by atoms with Crippen LogP contribution in [0.25, 0.3) is 0 Å². The molecule has 0 radical (unpaired) electrons. The van der Waals surface area contributed by atoms with Gasteiger partial charge in [-0.3, -0.25) is 9.69 Å². The van der Waals surface area contributed by atoms with E-state index in [1.807, 2.05) is 47.9 Å². The molecule has 2 aliphatic heterocycles. The maximum absolute atomic E-state index is 13.2. The molecule has 5 rings (SSSR count). The fourth-order valence-electron chi connectivity index (χ4n) is 6.40. The van der Waals surface area contributed by atoms with Gasteiger partial charge >= 0.3 is 12.2 Å². The Morgan fingerprint density at radius 1 is 1.02 bits per heavy atom. The van der Waals surface area contributed by atoms with Gasteiger partial charge in [0.2, 0.25) is 5.95 Å². The van der Waals surface area contributed by atoms with Crippen molar-refractivity contribution in [2.45, 2.75) is 57.5 Å². The highest BCUT2D eigenvalue weighted by atomic mass is 19.4. The number of alkyl halides is 3. The fourth-order valence-corrected chi connectivity index (χ4v) is 6.40. The molecule has 12 heteroatoms. The number of carbonyl (C=O) groups excluding carboxylic acids is 2. The van der Waals surface area contributed by atoms with E-state index >= 15 is 0 Å². The van der Waals surface area contributed by atoms with Crippen LogP contribution in [-0.2, 0) is 12.7 Å². The van der Waals surface area contributed by atoms with Gasteiger partial charge in [-0.2, -0.15) is 13.2 Å². The normalized spacial score (nSPS) is 23.0. The number of anilines is 1. The van der Waals surface area contributed by atoms with Gasteiger partial charge in [-0.05, 0) is 49.8 Å². The Balaban J connectivity index is 1.06. The third kappa shape index (κ3) is 5.72. The Morgan fingerprint density at radius 3 is 2.12 bits per heavy atom. The highest BCUT2D eigenvalue weighted by Crippen LogP contribution is 2.48. The summed E-state index contributed by atoms with van der Waals surface area (Å²) in [4.78, 5) is 40.7. The number of piperazine rings is 1. The molecule has 0 unspecified atom stereocenters. The highest BCUT2D eigenvalue weighted by Gasteiger charge is 2.52. The van der Waals surface area contributed by atoms with Crippen LogP contribution >= 0.6 is 0 Å². The number of benzene rings is 1. The second-order valence-electron chi connectivity index (χ2n) is 11.9. The summed E-state index contributed by atoms with van der Waals surface area (Å²) in [7, 11) is 3.49. The quantitative estimate of drug-likeness (QED) is 0.604. The van der Waals surface area contributed by atoms with Gasteiger partial charge in [-0.1, -0.05) is 12.1 Å². The van der Waals surface area contributed by atoms with Gasteiger partial charge in [0.15, 0.2) is 0 Å². The summed E-state index contributed by atoms with van der Waals surface area (Å²) in [6, 6.07) is 7.51. The number of hydrogen-bond donors (Lipinski definition) is 1. The topological polar surface area (TPSA) is 84.9 Å². The molecule has 2 saturated heterocycles. The van der Waals surface area contributed by atoms with Crippen LogP contribution in [0.3, 0.4) is 0 Å². The molecule has 3 fully saturated rings. The number of aromatic nitrogens is 2. The van der Waals surface area contributed by atoms with Gasteiger partial charge in [0.1, 0.15) is 0 Å². The van der Waals surface area contributed by atoms with E-state index in [-0.39, 0.29) is 41.4 Å².